The van der Waals surface area contributed by atoms with Crippen molar-refractivity contribution in [3.05, 3.63) is 0 Å². The molecule has 64 heavy (non-hydrogen) atoms. The highest BCUT2D eigenvalue weighted by molar-refractivity contribution is 5.71. The molecule has 0 saturated carbocycles. The molecule has 0 aliphatic carbocycles. The summed E-state index contributed by atoms with van der Waals surface area (Å²) in [6, 6.07) is 0. The third-order valence-electron chi connectivity index (χ3n) is 13.1. The van der Waals surface area contributed by atoms with E-state index in [0.717, 1.165) is 75.5 Å². The Morgan fingerprint density at radius 2 is 0.453 bits per heavy atom. The standard InChI is InChI=1S/C58H112O6/c1-52(2)44-38-32-26-22-18-14-10-7-8-12-16-20-24-28-35-41-47-56(59)62-50-55(51-63-57(60)48-42-36-31-30-34-40-46-54(5)6)64-58(61)49-43-37-29-25-21-17-13-9-11-15-19-23-27-33-39-45-53(3)4/h52-55H,7-51H2,1-6H3/t55-/m0/s1. The van der Waals surface area contributed by atoms with Gasteiger partial charge in [0.1, 0.15) is 13.2 Å². The fourth-order valence-electron chi connectivity index (χ4n) is 8.82. The summed E-state index contributed by atoms with van der Waals surface area (Å²) in [5.41, 5.74) is 0. The van der Waals surface area contributed by atoms with Gasteiger partial charge in [0.05, 0.1) is 0 Å². The van der Waals surface area contributed by atoms with Gasteiger partial charge >= 0.3 is 17.9 Å². The first kappa shape index (κ1) is 62.4. The number of esters is 3. The molecule has 0 amide bonds. The molecule has 6 heteroatoms. The van der Waals surface area contributed by atoms with Crippen LogP contribution in [0.2, 0.25) is 0 Å². The average Bonchev–Trinajstić information content (AvgIpc) is 3.25. The van der Waals surface area contributed by atoms with Crippen LogP contribution in [0.15, 0.2) is 0 Å². The van der Waals surface area contributed by atoms with Gasteiger partial charge in [0.2, 0.25) is 0 Å². The maximum absolute atomic E-state index is 12.8. The normalized spacial score (nSPS) is 12.1. The van der Waals surface area contributed by atoms with Crippen LogP contribution in [-0.2, 0) is 28.6 Å². The largest absolute Gasteiger partial charge is 0.462 e. The highest BCUT2D eigenvalue weighted by atomic mass is 16.6. The molecule has 0 spiro atoms. The van der Waals surface area contributed by atoms with Crippen molar-refractivity contribution in [2.45, 2.75) is 324 Å². The molecule has 0 aromatic rings. The molecule has 0 unspecified atom stereocenters. The van der Waals surface area contributed by atoms with Gasteiger partial charge in [-0.1, -0.05) is 279 Å². The number of carbonyl (C=O) groups is 3. The van der Waals surface area contributed by atoms with E-state index >= 15 is 0 Å². The first-order valence-electron chi connectivity index (χ1n) is 28.6. The van der Waals surface area contributed by atoms with Crippen molar-refractivity contribution in [2.75, 3.05) is 13.2 Å². The zero-order valence-electron chi connectivity index (χ0n) is 44.1. The minimum atomic E-state index is -0.763. The molecular formula is C58H112O6. The van der Waals surface area contributed by atoms with Crippen molar-refractivity contribution < 1.29 is 28.6 Å². The number of ether oxygens (including phenoxy) is 3. The van der Waals surface area contributed by atoms with Crippen LogP contribution in [0.25, 0.3) is 0 Å². The molecule has 1 atom stereocenters. The Kier molecular flexibility index (Phi) is 48.1. The van der Waals surface area contributed by atoms with E-state index in [1.807, 2.05) is 0 Å². The Morgan fingerprint density at radius 1 is 0.266 bits per heavy atom. The van der Waals surface area contributed by atoms with E-state index in [9.17, 15) is 14.4 Å². The molecule has 0 aliphatic heterocycles. The van der Waals surface area contributed by atoms with E-state index < -0.39 is 6.10 Å². The van der Waals surface area contributed by atoms with Gasteiger partial charge in [-0.25, -0.2) is 0 Å². The number of unbranched alkanes of at least 4 members (excludes halogenated alkanes) is 34. The van der Waals surface area contributed by atoms with Gasteiger partial charge in [-0.05, 0) is 37.0 Å². The number of rotatable bonds is 51. The first-order chi connectivity index (χ1) is 31.1. The molecule has 0 N–H and O–H groups in total. The summed E-state index contributed by atoms with van der Waals surface area (Å²) in [4.78, 5) is 38.0. The lowest BCUT2D eigenvalue weighted by Gasteiger charge is -2.18. The van der Waals surface area contributed by atoms with Crippen LogP contribution in [0.1, 0.15) is 318 Å². The van der Waals surface area contributed by atoms with Gasteiger partial charge < -0.3 is 14.2 Å². The number of hydrogen-bond donors (Lipinski definition) is 0. The van der Waals surface area contributed by atoms with Crippen molar-refractivity contribution in [2.24, 2.45) is 17.8 Å². The predicted molar refractivity (Wildman–Crippen MR) is 275 cm³/mol. The molecule has 0 radical (unpaired) electrons. The van der Waals surface area contributed by atoms with Crippen LogP contribution in [0.5, 0.6) is 0 Å². The van der Waals surface area contributed by atoms with Gasteiger partial charge in [-0.3, -0.25) is 14.4 Å². The summed E-state index contributed by atoms with van der Waals surface area (Å²) in [7, 11) is 0. The van der Waals surface area contributed by atoms with Crippen molar-refractivity contribution in [3.8, 4) is 0 Å². The molecule has 0 rings (SSSR count). The summed E-state index contributed by atoms with van der Waals surface area (Å²) >= 11 is 0. The van der Waals surface area contributed by atoms with Crippen LogP contribution >= 0.6 is 0 Å². The SMILES string of the molecule is CC(C)CCCCCCCCCCCCCCCCCCC(=O)OC[C@@H](COC(=O)CCCCCCCCC(C)C)OC(=O)CCCCCCCCCCCCCCCCCC(C)C. The van der Waals surface area contributed by atoms with Gasteiger partial charge in [0, 0.05) is 19.3 Å². The highest BCUT2D eigenvalue weighted by Crippen LogP contribution is 2.18. The van der Waals surface area contributed by atoms with E-state index in [4.69, 9.17) is 14.2 Å². The lowest BCUT2D eigenvalue weighted by Crippen LogP contribution is -2.30. The molecule has 0 aliphatic rings. The first-order valence-corrected chi connectivity index (χ1v) is 28.6. The third-order valence-corrected chi connectivity index (χ3v) is 13.1. The average molecular weight is 906 g/mol. The van der Waals surface area contributed by atoms with E-state index in [-0.39, 0.29) is 31.1 Å². The maximum atomic E-state index is 12.8. The molecule has 6 nitrogen and oxygen atoms in total. The fraction of sp³-hybridized carbons (Fsp3) is 0.948. The van der Waals surface area contributed by atoms with E-state index in [2.05, 4.69) is 41.5 Å². The van der Waals surface area contributed by atoms with Crippen LogP contribution in [0, 0.1) is 17.8 Å². The van der Waals surface area contributed by atoms with Gasteiger partial charge in [0.25, 0.3) is 0 Å². The zero-order chi connectivity index (χ0) is 47.0. The third kappa shape index (κ3) is 51.4. The lowest BCUT2D eigenvalue weighted by atomic mass is 10.0. The van der Waals surface area contributed by atoms with E-state index in [0.29, 0.717) is 19.3 Å². The number of carbonyl (C=O) groups excluding carboxylic acids is 3. The van der Waals surface area contributed by atoms with Crippen molar-refractivity contribution >= 4 is 17.9 Å². The van der Waals surface area contributed by atoms with Crippen molar-refractivity contribution in [3.63, 3.8) is 0 Å². The smallest absolute Gasteiger partial charge is 0.306 e. The summed E-state index contributed by atoms with van der Waals surface area (Å²) < 4.78 is 16.8. The van der Waals surface area contributed by atoms with Crippen LogP contribution < -0.4 is 0 Å². The quantitative estimate of drug-likeness (QED) is 0.0344. The van der Waals surface area contributed by atoms with Crippen molar-refractivity contribution in [1.82, 2.24) is 0 Å². The Balaban J connectivity index is 4.21. The van der Waals surface area contributed by atoms with Crippen LogP contribution in [0.3, 0.4) is 0 Å². The monoisotopic (exact) mass is 905 g/mol. The minimum Gasteiger partial charge on any atom is -0.462 e. The molecule has 0 bridgehead atoms. The molecule has 0 saturated heterocycles. The van der Waals surface area contributed by atoms with Crippen molar-refractivity contribution in [1.29, 1.82) is 0 Å². The molecule has 0 aromatic heterocycles. The maximum Gasteiger partial charge on any atom is 0.306 e. The van der Waals surface area contributed by atoms with E-state index in [1.165, 1.54) is 199 Å². The second kappa shape index (κ2) is 49.3. The van der Waals surface area contributed by atoms with Crippen LogP contribution in [0.4, 0.5) is 0 Å². The Labute approximate surface area is 399 Å². The Bertz CT molecular complexity index is 991. The number of hydrogen-bond acceptors (Lipinski definition) is 6. The molecule has 380 valence electrons. The molecule has 0 heterocycles. The zero-order valence-corrected chi connectivity index (χ0v) is 44.1. The highest BCUT2D eigenvalue weighted by Gasteiger charge is 2.19. The second-order valence-corrected chi connectivity index (χ2v) is 21.4. The molecule has 0 aromatic carbocycles. The summed E-state index contributed by atoms with van der Waals surface area (Å²) in [5, 5.41) is 0. The Morgan fingerprint density at radius 3 is 0.672 bits per heavy atom. The minimum absolute atomic E-state index is 0.0644. The fourth-order valence-corrected chi connectivity index (χ4v) is 8.82. The predicted octanol–water partition coefficient (Wildman–Crippen LogP) is 18.7. The van der Waals surface area contributed by atoms with Crippen LogP contribution in [-0.4, -0.2) is 37.2 Å². The van der Waals surface area contributed by atoms with E-state index in [1.54, 1.807) is 0 Å². The summed E-state index contributed by atoms with van der Waals surface area (Å²) in [6.45, 7) is 13.7. The lowest BCUT2D eigenvalue weighted by molar-refractivity contribution is -0.167. The summed E-state index contributed by atoms with van der Waals surface area (Å²) in [6.07, 6.45) is 51.1. The second-order valence-electron chi connectivity index (χ2n) is 21.4. The Hall–Kier alpha value is -1.59. The van der Waals surface area contributed by atoms with Gasteiger partial charge in [-0.2, -0.15) is 0 Å². The molecule has 0 fully saturated rings. The molecular weight excluding hydrogens is 793 g/mol. The topological polar surface area (TPSA) is 78.9 Å². The summed E-state index contributed by atoms with van der Waals surface area (Å²) in [5.74, 6) is 1.61. The van der Waals surface area contributed by atoms with Gasteiger partial charge in [0.15, 0.2) is 6.10 Å². The van der Waals surface area contributed by atoms with Gasteiger partial charge in [-0.15, -0.1) is 0 Å².